The van der Waals surface area contributed by atoms with E-state index in [1.807, 2.05) is 18.2 Å². The Bertz CT molecular complexity index is 640. The van der Waals surface area contributed by atoms with E-state index in [1.165, 1.54) is 0 Å². The lowest BCUT2D eigenvalue weighted by atomic mass is 10.0. The molecule has 0 spiro atoms. The first-order chi connectivity index (χ1) is 10.7. The second-order valence-corrected chi connectivity index (χ2v) is 5.71. The Hall–Kier alpha value is -2.35. The van der Waals surface area contributed by atoms with Gasteiger partial charge in [0.05, 0.1) is 6.61 Å². The number of benzene rings is 1. The van der Waals surface area contributed by atoms with Crippen molar-refractivity contribution in [3.05, 3.63) is 23.8 Å². The molecule has 2 heterocycles. The SMILES string of the molecule is C#CCCC1(CCC(=O)Nc2ccc3c(c2)CCCO3)N=N1. The lowest BCUT2D eigenvalue weighted by molar-refractivity contribution is -0.116. The number of fused-ring (bicyclic) bond motifs is 1. The Balaban J connectivity index is 1.51. The molecule has 2 aliphatic heterocycles. The molecular formula is C17H19N3O2. The zero-order valence-corrected chi connectivity index (χ0v) is 12.5. The van der Waals surface area contributed by atoms with E-state index in [0.717, 1.165) is 42.9 Å². The van der Waals surface area contributed by atoms with Gasteiger partial charge in [-0.25, -0.2) is 0 Å². The zero-order valence-electron chi connectivity index (χ0n) is 12.5. The maximum atomic E-state index is 12.1. The Morgan fingerprint density at radius 1 is 1.41 bits per heavy atom. The van der Waals surface area contributed by atoms with Crippen molar-refractivity contribution in [2.24, 2.45) is 10.2 Å². The average molecular weight is 297 g/mol. The summed E-state index contributed by atoms with van der Waals surface area (Å²) in [6, 6.07) is 5.79. The van der Waals surface area contributed by atoms with Crippen LogP contribution in [0.25, 0.3) is 0 Å². The zero-order chi connectivity index (χ0) is 15.4. The van der Waals surface area contributed by atoms with Gasteiger partial charge in [0.25, 0.3) is 0 Å². The molecule has 114 valence electrons. The van der Waals surface area contributed by atoms with Crippen molar-refractivity contribution >= 4 is 11.6 Å². The van der Waals surface area contributed by atoms with Gasteiger partial charge in [-0.15, -0.1) is 12.3 Å². The number of hydrogen-bond donors (Lipinski definition) is 1. The molecule has 22 heavy (non-hydrogen) atoms. The number of nitrogens with one attached hydrogen (secondary N) is 1. The highest BCUT2D eigenvalue weighted by Gasteiger charge is 2.39. The number of amides is 1. The molecule has 0 saturated carbocycles. The van der Waals surface area contributed by atoms with E-state index in [4.69, 9.17) is 11.2 Å². The van der Waals surface area contributed by atoms with E-state index in [1.54, 1.807) is 0 Å². The van der Waals surface area contributed by atoms with Crippen LogP contribution in [-0.4, -0.2) is 18.2 Å². The number of nitrogens with zero attached hydrogens (tertiary/aromatic N) is 2. The van der Waals surface area contributed by atoms with Crippen LogP contribution in [0.2, 0.25) is 0 Å². The minimum absolute atomic E-state index is 0.0194. The number of carbonyl (C=O) groups is 1. The predicted octanol–water partition coefficient (Wildman–Crippen LogP) is 3.31. The lowest BCUT2D eigenvalue weighted by Crippen LogP contribution is -2.18. The molecule has 0 unspecified atom stereocenters. The third-order valence-electron chi connectivity index (χ3n) is 4.00. The molecular weight excluding hydrogens is 278 g/mol. The summed E-state index contributed by atoms with van der Waals surface area (Å²) in [5, 5.41) is 11.0. The maximum Gasteiger partial charge on any atom is 0.224 e. The van der Waals surface area contributed by atoms with Gasteiger partial charge in [0.2, 0.25) is 5.91 Å². The summed E-state index contributed by atoms with van der Waals surface area (Å²) in [5.41, 5.74) is 1.58. The minimum atomic E-state index is -0.395. The number of anilines is 1. The standard InChI is InChI=1S/C17H19N3O2/c1-2-3-9-17(19-20-17)10-8-16(21)18-14-6-7-15-13(12-14)5-4-11-22-15/h1,6-7,12H,3-5,8-11H2,(H,18,21). The Kier molecular flexibility index (Phi) is 4.10. The molecule has 1 amide bonds. The number of terminal acetylenes is 1. The van der Waals surface area contributed by atoms with Crippen molar-refractivity contribution in [3.8, 4) is 18.1 Å². The second kappa shape index (κ2) is 6.18. The predicted molar refractivity (Wildman–Crippen MR) is 83.8 cm³/mol. The summed E-state index contributed by atoms with van der Waals surface area (Å²) in [7, 11) is 0. The van der Waals surface area contributed by atoms with Gasteiger partial charge in [-0.3, -0.25) is 4.79 Å². The average Bonchev–Trinajstić information content (AvgIpc) is 3.31. The maximum absolute atomic E-state index is 12.1. The van der Waals surface area contributed by atoms with Gasteiger partial charge in [-0.05, 0) is 36.6 Å². The van der Waals surface area contributed by atoms with Crippen LogP contribution in [0, 0.1) is 12.3 Å². The monoisotopic (exact) mass is 297 g/mol. The van der Waals surface area contributed by atoms with Gasteiger partial charge >= 0.3 is 0 Å². The highest BCUT2D eigenvalue weighted by molar-refractivity contribution is 5.91. The summed E-state index contributed by atoms with van der Waals surface area (Å²) in [6.45, 7) is 0.769. The van der Waals surface area contributed by atoms with Gasteiger partial charge in [-0.2, -0.15) is 10.2 Å². The van der Waals surface area contributed by atoms with Crippen molar-refractivity contribution in [2.75, 3.05) is 11.9 Å². The van der Waals surface area contributed by atoms with E-state index in [0.29, 0.717) is 19.3 Å². The fourth-order valence-corrected chi connectivity index (χ4v) is 2.64. The minimum Gasteiger partial charge on any atom is -0.493 e. The normalized spacial score (nSPS) is 17.0. The fraction of sp³-hybridized carbons (Fsp3) is 0.471. The molecule has 1 aromatic rings. The first kappa shape index (κ1) is 14.6. The first-order valence-corrected chi connectivity index (χ1v) is 7.64. The topological polar surface area (TPSA) is 63.0 Å². The highest BCUT2D eigenvalue weighted by Crippen LogP contribution is 2.37. The fourth-order valence-electron chi connectivity index (χ4n) is 2.64. The van der Waals surface area contributed by atoms with Gasteiger partial charge in [0.1, 0.15) is 5.75 Å². The van der Waals surface area contributed by atoms with Gasteiger partial charge in [0.15, 0.2) is 5.66 Å². The molecule has 0 aliphatic carbocycles. The first-order valence-electron chi connectivity index (χ1n) is 7.64. The quantitative estimate of drug-likeness (QED) is 0.819. The summed E-state index contributed by atoms with van der Waals surface area (Å²) in [6.07, 6.45) is 9.65. The molecule has 0 saturated heterocycles. The second-order valence-electron chi connectivity index (χ2n) is 5.71. The van der Waals surface area contributed by atoms with E-state index < -0.39 is 5.66 Å². The van der Waals surface area contributed by atoms with E-state index >= 15 is 0 Å². The molecule has 0 radical (unpaired) electrons. The Labute approximate surface area is 130 Å². The largest absolute Gasteiger partial charge is 0.493 e. The van der Waals surface area contributed by atoms with E-state index in [-0.39, 0.29) is 5.91 Å². The van der Waals surface area contributed by atoms with E-state index in [2.05, 4.69) is 21.5 Å². The number of carbonyl (C=O) groups excluding carboxylic acids is 1. The van der Waals surface area contributed by atoms with Crippen LogP contribution in [-0.2, 0) is 11.2 Å². The number of aryl methyl sites for hydroxylation is 1. The number of hydrogen-bond acceptors (Lipinski definition) is 4. The Morgan fingerprint density at radius 2 is 2.27 bits per heavy atom. The smallest absolute Gasteiger partial charge is 0.224 e. The van der Waals surface area contributed by atoms with E-state index in [9.17, 15) is 4.79 Å². The molecule has 0 fully saturated rings. The molecule has 0 atom stereocenters. The summed E-state index contributed by atoms with van der Waals surface area (Å²) in [5.74, 6) is 3.49. The summed E-state index contributed by atoms with van der Waals surface area (Å²) >= 11 is 0. The van der Waals surface area contributed by atoms with Gasteiger partial charge in [-0.1, -0.05) is 0 Å². The highest BCUT2D eigenvalue weighted by atomic mass is 16.5. The van der Waals surface area contributed by atoms with Crippen LogP contribution in [0.15, 0.2) is 28.4 Å². The van der Waals surface area contributed by atoms with Crippen LogP contribution in [0.3, 0.4) is 0 Å². The van der Waals surface area contributed by atoms with Gasteiger partial charge < -0.3 is 10.1 Å². The third kappa shape index (κ3) is 3.45. The molecule has 1 N–H and O–H groups in total. The van der Waals surface area contributed by atoms with Crippen LogP contribution < -0.4 is 10.1 Å². The molecule has 5 nitrogen and oxygen atoms in total. The van der Waals surface area contributed by atoms with Crippen molar-refractivity contribution in [3.63, 3.8) is 0 Å². The molecule has 3 rings (SSSR count). The van der Waals surface area contributed by atoms with Crippen molar-refractivity contribution in [1.29, 1.82) is 0 Å². The molecule has 5 heteroatoms. The van der Waals surface area contributed by atoms with Crippen LogP contribution in [0.4, 0.5) is 5.69 Å². The van der Waals surface area contributed by atoms with Crippen LogP contribution in [0.1, 0.15) is 37.7 Å². The molecule has 0 aromatic heterocycles. The van der Waals surface area contributed by atoms with Crippen LogP contribution >= 0.6 is 0 Å². The third-order valence-corrected chi connectivity index (χ3v) is 4.00. The van der Waals surface area contributed by atoms with Crippen molar-refractivity contribution in [2.45, 2.75) is 44.2 Å². The molecule has 0 bridgehead atoms. The van der Waals surface area contributed by atoms with Gasteiger partial charge in [0, 0.05) is 31.4 Å². The molecule has 1 aromatic carbocycles. The number of rotatable bonds is 6. The van der Waals surface area contributed by atoms with Crippen molar-refractivity contribution in [1.82, 2.24) is 0 Å². The van der Waals surface area contributed by atoms with Crippen LogP contribution in [0.5, 0.6) is 5.75 Å². The molecule has 2 aliphatic rings. The number of ether oxygens (including phenoxy) is 1. The summed E-state index contributed by atoms with van der Waals surface area (Å²) in [4.78, 5) is 12.1. The lowest BCUT2D eigenvalue weighted by Gasteiger charge is -2.18. The Morgan fingerprint density at radius 3 is 3.05 bits per heavy atom. The summed E-state index contributed by atoms with van der Waals surface area (Å²) < 4.78 is 5.57. The van der Waals surface area contributed by atoms with Crippen molar-refractivity contribution < 1.29 is 9.53 Å².